The molecule has 2 spiro atoms. The van der Waals surface area contributed by atoms with Crippen LogP contribution in [0.2, 0.25) is 0 Å². The Morgan fingerprint density at radius 3 is 2.33 bits per heavy atom. The van der Waals surface area contributed by atoms with Gasteiger partial charge in [0, 0.05) is 30.8 Å². The van der Waals surface area contributed by atoms with E-state index in [9.17, 15) is 5.26 Å². The normalized spacial score (nSPS) is 49.7. The highest BCUT2D eigenvalue weighted by molar-refractivity contribution is 5.27. The zero-order valence-electron chi connectivity index (χ0n) is 18.5. The smallest absolute Gasteiger partial charge is 0.174 e. The fourth-order valence-corrected chi connectivity index (χ4v) is 8.97. The second-order valence-electron chi connectivity index (χ2n) is 11.2. The van der Waals surface area contributed by atoms with Crippen molar-refractivity contribution in [1.82, 2.24) is 0 Å². The molecule has 4 unspecified atom stereocenters. The molecule has 0 amide bonds. The number of nitrogens with zero attached hydrogens (tertiary/aromatic N) is 1. The first-order chi connectivity index (χ1) is 14.5. The molecule has 0 N–H and O–H groups in total. The number of fused-ring (bicyclic) bond motifs is 6. The van der Waals surface area contributed by atoms with Gasteiger partial charge in [-0.1, -0.05) is 19.4 Å². The second-order valence-corrected chi connectivity index (χ2v) is 11.2. The number of rotatable bonds is 0. The summed E-state index contributed by atoms with van der Waals surface area (Å²) in [7, 11) is 0. The van der Waals surface area contributed by atoms with Crippen LogP contribution in [0.5, 0.6) is 0 Å². The highest BCUT2D eigenvalue weighted by Crippen LogP contribution is 2.71. The Morgan fingerprint density at radius 2 is 1.60 bits per heavy atom. The lowest BCUT2D eigenvalue weighted by Crippen LogP contribution is -2.59. The molecular weight excluding hydrogens is 378 g/mol. The quantitative estimate of drug-likeness (QED) is 0.544. The minimum Gasteiger partial charge on any atom is -0.348 e. The van der Waals surface area contributed by atoms with E-state index >= 15 is 0 Å². The standard InChI is InChI=1S/C25H35NO4/c1-22-8-9-24(27-11-12-28-24)16-21(22)17(5-10-26)15-18-19(22)3-6-23(2)20(18)4-7-25(23)29-13-14-30-25/h5,18-21H,3-4,6-9,11-16H2,1-2H3/b17-5+/t18?,19?,20?,21?,22-,23+/m1/s1. The van der Waals surface area contributed by atoms with E-state index in [4.69, 9.17) is 18.9 Å². The van der Waals surface area contributed by atoms with E-state index in [-0.39, 0.29) is 16.6 Å². The zero-order valence-corrected chi connectivity index (χ0v) is 18.5. The maximum Gasteiger partial charge on any atom is 0.174 e. The van der Waals surface area contributed by atoms with Crippen LogP contribution >= 0.6 is 0 Å². The highest BCUT2D eigenvalue weighted by Gasteiger charge is 2.68. The third-order valence-corrected chi connectivity index (χ3v) is 10.4. The molecule has 4 aliphatic carbocycles. The van der Waals surface area contributed by atoms with Gasteiger partial charge < -0.3 is 18.9 Å². The maximum atomic E-state index is 9.62. The summed E-state index contributed by atoms with van der Waals surface area (Å²) >= 11 is 0. The number of hydrogen-bond acceptors (Lipinski definition) is 5. The summed E-state index contributed by atoms with van der Waals surface area (Å²) < 4.78 is 24.8. The monoisotopic (exact) mass is 413 g/mol. The molecular formula is C25H35NO4. The van der Waals surface area contributed by atoms with E-state index in [0.717, 1.165) is 45.3 Å². The van der Waals surface area contributed by atoms with Crippen LogP contribution in [0.3, 0.4) is 0 Å². The molecule has 0 aromatic carbocycles. The van der Waals surface area contributed by atoms with E-state index in [1.165, 1.54) is 24.8 Å². The predicted octanol–water partition coefficient (Wildman–Crippen LogP) is 4.58. The molecule has 6 fully saturated rings. The van der Waals surface area contributed by atoms with Crippen LogP contribution in [-0.2, 0) is 18.9 Å². The molecule has 5 nitrogen and oxygen atoms in total. The first-order valence-electron chi connectivity index (χ1n) is 12.1. The van der Waals surface area contributed by atoms with Gasteiger partial charge in [0.2, 0.25) is 0 Å². The molecule has 6 rings (SSSR count). The van der Waals surface area contributed by atoms with Crippen LogP contribution in [0, 0.1) is 45.8 Å². The van der Waals surface area contributed by atoms with Crippen LogP contribution in [0.4, 0.5) is 0 Å². The maximum absolute atomic E-state index is 9.62. The van der Waals surface area contributed by atoms with Crippen LogP contribution in [0.1, 0.15) is 65.2 Å². The van der Waals surface area contributed by atoms with Crippen molar-refractivity contribution in [2.45, 2.75) is 76.8 Å². The van der Waals surface area contributed by atoms with Crippen LogP contribution in [0.15, 0.2) is 11.6 Å². The van der Waals surface area contributed by atoms with E-state index in [2.05, 4.69) is 19.9 Å². The molecule has 0 aromatic rings. The molecule has 5 heteroatoms. The Morgan fingerprint density at radius 1 is 0.900 bits per heavy atom. The SMILES string of the molecule is C[C@]12CCC3(CC1/C(=C/C#N)CC1C2CC[C@@]2(C)C1CCC21OCCO1)OCCO3. The van der Waals surface area contributed by atoms with E-state index in [0.29, 0.717) is 36.9 Å². The minimum atomic E-state index is -0.405. The first kappa shape index (κ1) is 19.7. The van der Waals surface area contributed by atoms with E-state index < -0.39 is 5.79 Å². The van der Waals surface area contributed by atoms with Crippen molar-refractivity contribution >= 4 is 0 Å². The molecule has 4 saturated carbocycles. The van der Waals surface area contributed by atoms with Gasteiger partial charge in [-0.25, -0.2) is 0 Å². The van der Waals surface area contributed by atoms with Crippen molar-refractivity contribution in [3.63, 3.8) is 0 Å². The van der Waals surface area contributed by atoms with Gasteiger partial charge in [0.15, 0.2) is 11.6 Å². The number of nitriles is 1. The third-order valence-electron chi connectivity index (χ3n) is 10.4. The van der Waals surface area contributed by atoms with Crippen molar-refractivity contribution in [1.29, 1.82) is 5.26 Å². The Kier molecular flexibility index (Phi) is 4.30. The van der Waals surface area contributed by atoms with Crippen LogP contribution < -0.4 is 0 Å². The average molecular weight is 414 g/mol. The third kappa shape index (κ3) is 2.43. The van der Waals surface area contributed by atoms with Crippen molar-refractivity contribution in [2.24, 2.45) is 34.5 Å². The number of allylic oxidation sites excluding steroid dienone is 2. The Balaban J connectivity index is 1.36. The molecule has 6 aliphatic rings. The second kappa shape index (κ2) is 6.54. The molecule has 0 aromatic heterocycles. The summed E-state index contributed by atoms with van der Waals surface area (Å²) in [4.78, 5) is 0. The van der Waals surface area contributed by atoms with Gasteiger partial charge in [-0.15, -0.1) is 0 Å². The Bertz CT molecular complexity index is 789. The van der Waals surface area contributed by atoms with Gasteiger partial charge in [-0.05, 0) is 61.2 Å². The summed E-state index contributed by atoms with van der Waals surface area (Å²) in [6.07, 6.45) is 10.6. The first-order valence-corrected chi connectivity index (χ1v) is 12.1. The molecule has 2 saturated heterocycles. The van der Waals surface area contributed by atoms with Crippen molar-refractivity contribution in [3.8, 4) is 6.07 Å². The van der Waals surface area contributed by atoms with Crippen molar-refractivity contribution in [3.05, 3.63) is 11.6 Å². The van der Waals surface area contributed by atoms with Gasteiger partial charge in [-0.2, -0.15) is 5.26 Å². The summed E-state index contributed by atoms with van der Waals surface area (Å²) in [6.45, 7) is 7.82. The molecule has 2 aliphatic heterocycles. The van der Waals surface area contributed by atoms with Crippen LogP contribution in [0.25, 0.3) is 0 Å². The molecule has 6 atom stereocenters. The molecule has 164 valence electrons. The van der Waals surface area contributed by atoms with Crippen molar-refractivity contribution in [2.75, 3.05) is 26.4 Å². The summed E-state index contributed by atoms with van der Waals surface area (Å²) in [5, 5.41) is 9.62. The lowest BCUT2D eigenvalue weighted by molar-refractivity contribution is -0.252. The molecule has 0 bridgehead atoms. The van der Waals surface area contributed by atoms with Crippen LogP contribution in [-0.4, -0.2) is 38.0 Å². The Hall–Kier alpha value is -0.930. The zero-order chi connectivity index (χ0) is 20.6. The molecule has 0 radical (unpaired) electrons. The molecule has 2 heterocycles. The van der Waals surface area contributed by atoms with Gasteiger partial charge in [0.05, 0.1) is 32.5 Å². The van der Waals surface area contributed by atoms with Gasteiger partial charge in [0.1, 0.15) is 0 Å². The van der Waals surface area contributed by atoms with E-state index in [1.54, 1.807) is 0 Å². The summed E-state index contributed by atoms with van der Waals surface area (Å²) in [5.41, 5.74) is 1.66. The Labute approximate surface area is 180 Å². The number of ether oxygens (including phenoxy) is 4. The average Bonchev–Trinajstić information content (AvgIpc) is 3.45. The summed E-state index contributed by atoms with van der Waals surface area (Å²) in [5.74, 6) is 1.57. The fourth-order valence-electron chi connectivity index (χ4n) is 8.97. The lowest BCUT2D eigenvalue weighted by Gasteiger charge is -2.62. The van der Waals surface area contributed by atoms with Gasteiger partial charge >= 0.3 is 0 Å². The lowest BCUT2D eigenvalue weighted by atomic mass is 9.43. The fraction of sp³-hybridized carbons (Fsp3) is 0.880. The van der Waals surface area contributed by atoms with Gasteiger partial charge in [0.25, 0.3) is 0 Å². The largest absolute Gasteiger partial charge is 0.348 e. The van der Waals surface area contributed by atoms with E-state index in [1.807, 2.05) is 6.08 Å². The van der Waals surface area contributed by atoms with Gasteiger partial charge in [-0.3, -0.25) is 0 Å². The topological polar surface area (TPSA) is 60.7 Å². The highest BCUT2D eigenvalue weighted by atomic mass is 16.7. The predicted molar refractivity (Wildman–Crippen MR) is 110 cm³/mol. The summed E-state index contributed by atoms with van der Waals surface area (Å²) in [6, 6.07) is 2.39. The number of hydrogen-bond donors (Lipinski definition) is 0. The minimum absolute atomic E-state index is 0.0964. The van der Waals surface area contributed by atoms with Crippen molar-refractivity contribution < 1.29 is 18.9 Å². The molecule has 30 heavy (non-hydrogen) atoms.